The number of halogens is 1. The Morgan fingerprint density at radius 3 is 1.93 bits per heavy atom. The van der Waals surface area contributed by atoms with E-state index in [1.165, 1.54) is 32.9 Å². The molecule has 0 bridgehead atoms. The molecule has 0 saturated heterocycles. The summed E-state index contributed by atoms with van der Waals surface area (Å²) in [6, 6.07) is 39.4. The van der Waals surface area contributed by atoms with Crippen molar-refractivity contribution < 1.29 is 0 Å². The summed E-state index contributed by atoms with van der Waals surface area (Å²) in [4.78, 5) is 14.7. The van der Waals surface area contributed by atoms with Gasteiger partial charge in [-0.05, 0) is 53.9 Å². The van der Waals surface area contributed by atoms with Crippen molar-refractivity contribution in [3.63, 3.8) is 0 Å². The maximum atomic E-state index is 6.91. The highest BCUT2D eigenvalue weighted by molar-refractivity contribution is 6.33. The van der Waals surface area contributed by atoms with E-state index >= 15 is 0 Å². The van der Waals surface area contributed by atoms with Crippen molar-refractivity contribution in [2.24, 2.45) is 0 Å². The fourth-order valence-corrected chi connectivity index (χ4v) is 6.15. The molecule has 2 aromatic heterocycles. The third-order valence-corrected chi connectivity index (χ3v) is 8.29. The Morgan fingerprint density at radius 1 is 0.619 bits per heavy atom. The number of aromatic nitrogens is 4. The number of hydrogen-bond acceptors (Lipinski definition) is 3. The predicted molar refractivity (Wildman–Crippen MR) is 173 cm³/mol. The second kappa shape index (κ2) is 10.1. The SMILES string of the molecule is Clc1ccc(-n2c3c(c4cc5ccccc5cc42)C=CCC3)cc1-c1nc(-c2ccccc2)nc(-c2ccccc2)n1. The van der Waals surface area contributed by atoms with Crippen LogP contribution in [0, 0.1) is 0 Å². The zero-order valence-corrected chi connectivity index (χ0v) is 23.5. The highest BCUT2D eigenvalue weighted by atomic mass is 35.5. The maximum absolute atomic E-state index is 6.91. The van der Waals surface area contributed by atoms with Crippen molar-refractivity contribution in [2.45, 2.75) is 12.8 Å². The molecule has 7 aromatic rings. The summed E-state index contributed by atoms with van der Waals surface area (Å²) in [5, 5.41) is 4.32. The van der Waals surface area contributed by atoms with E-state index in [0.717, 1.165) is 35.2 Å². The normalized spacial score (nSPS) is 12.6. The first kappa shape index (κ1) is 24.7. The monoisotopic (exact) mass is 560 g/mol. The van der Waals surface area contributed by atoms with E-state index in [4.69, 9.17) is 26.6 Å². The molecule has 0 N–H and O–H groups in total. The second-order valence-corrected chi connectivity index (χ2v) is 11.0. The van der Waals surface area contributed by atoms with Gasteiger partial charge in [0.25, 0.3) is 0 Å². The fraction of sp³-hybridized carbons (Fsp3) is 0.0541. The van der Waals surface area contributed by atoms with Crippen LogP contribution in [0.1, 0.15) is 17.7 Å². The standard InChI is InChI=1S/C37H25ClN4/c38-32-20-19-28(42-33-18-10-9-17-29(33)30-21-26-15-7-8-16-27(26)22-34(30)42)23-31(32)37-40-35(24-11-3-1-4-12-24)39-36(41-37)25-13-5-2-6-14-25/h1-9,11-17,19-23H,10,18H2. The van der Waals surface area contributed by atoms with Gasteiger partial charge in [0.05, 0.1) is 10.5 Å². The summed E-state index contributed by atoms with van der Waals surface area (Å²) in [5.74, 6) is 1.77. The highest BCUT2D eigenvalue weighted by Gasteiger charge is 2.21. The average molecular weight is 561 g/mol. The molecule has 5 aromatic carbocycles. The fourth-order valence-electron chi connectivity index (χ4n) is 5.95. The molecular formula is C37H25ClN4. The van der Waals surface area contributed by atoms with Crippen molar-refractivity contribution >= 4 is 39.4 Å². The first-order valence-corrected chi connectivity index (χ1v) is 14.5. The summed E-state index contributed by atoms with van der Waals surface area (Å²) >= 11 is 6.91. The lowest BCUT2D eigenvalue weighted by molar-refractivity contribution is 0.888. The number of allylic oxidation sites excluding steroid dienone is 1. The predicted octanol–water partition coefficient (Wildman–Crippen LogP) is 9.58. The van der Waals surface area contributed by atoms with Crippen LogP contribution >= 0.6 is 11.6 Å². The molecule has 1 aliphatic rings. The van der Waals surface area contributed by atoms with Gasteiger partial charge < -0.3 is 4.57 Å². The molecule has 0 fully saturated rings. The minimum atomic E-state index is 0.547. The number of rotatable bonds is 4. The molecule has 0 atom stereocenters. The third kappa shape index (κ3) is 4.20. The molecule has 42 heavy (non-hydrogen) atoms. The number of hydrogen-bond donors (Lipinski definition) is 0. The molecule has 5 heteroatoms. The van der Waals surface area contributed by atoms with Gasteiger partial charge in [0.1, 0.15) is 0 Å². The molecule has 0 amide bonds. The van der Waals surface area contributed by atoms with Gasteiger partial charge in [-0.2, -0.15) is 0 Å². The Kier molecular flexibility index (Phi) is 5.94. The lowest BCUT2D eigenvalue weighted by Crippen LogP contribution is -2.04. The van der Waals surface area contributed by atoms with Crippen molar-refractivity contribution in [2.75, 3.05) is 0 Å². The van der Waals surface area contributed by atoms with E-state index < -0.39 is 0 Å². The molecule has 0 radical (unpaired) electrons. The van der Waals surface area contributed by atoms with Crippen molar-refractivity contribution in [1.29, 1.82) is 0 Å². The van der Waals surface area contributed by atoms with Crippen LogP contribution in [0.4, 0.5) is 0 Å². The third-order valence-electron chi connectivity index (χ3n) is 7.96. The van der Waals surface area contributed by atoms with Gasteiger partial charge in [0.2, 0.25) is 0 Å². The summed E-state index contributed by atoms with van der Waals surface area (Å²) < 4.78 is 2.39. The second-order valence-electron chi connectivity index (χ2n) is 10.6. The summed E-state index contributed by atoms with van der Waals surface area (Å²) in [6.45, 7) is 0. The van der Waals surface area contributed by atoms with E-state index in [-0.39, 0.29) is 0 Å². The van der Waals surface area contributed by atoms with Crippen LogP contribution in [0.15, 0.2) is 121 Å². The van der Waals surface area contributed by atoms with E-state index in [2.05, 4.69) is 65.3 Å². The van der Waals surface area contributed by atoms with Gasteiger partial charge in [-0.3, -0.25) is 0 Å². The minimum Gasteiger partial charge on any atom is -0.313 e. The lowest BCUT2D eigenvalue weighted by Gasteiger charge is -2.15. The van der Waals surface area contributed by atoms with Crippen LogP contribution in [0.2, 0.25) is 5.02 Å². The minimum absolute atomic E-state index is 0.547. The Bertz CT molecular complexity index is 2090. The Hall–Kier alpha value is -5.06. The Labute approximate surface area is 248 Å². The van der Waals surface area contributed by atoms with E-state index in [1.54, 1.807) is 0 Å². The Balaban J connectivity index is 1.36. The van der Waals surface area contributed by atoms with Gasteiger partial charge >= 0.3 is 0 Å². The smallest absolute Gasteiger partial charge is 0.165 e. The maximum Gasteiger partial charge on any atom is 0.165 e. The number of fused-ring (bicyclic) bond motifs is 4. The zero-order valence-electron chi connectivity index (χ0n) is 22.7. The van der Waals surface area contributed by atoms with E-state index in [1.807, 2.05) is 66.7 Å². The first-order chi connectivity index (χ1) is 20.7. The quantitative estimate of drug-likeness (QED) is 0.215. The topological polar surface area (TPSA) is 43.6 Å². The molecule has 0 saturated carbocycles. The van der Waals surface area contributed by atoms with Crippen molar-refractivity contribution in [1.82, 2.24) is 19.5 Å². The molecule has 200 valence electrons. The van der Waals surface area contributed by atoms with Gasteiger partial charge in [-0.1, -0.05) is 109 Å². The van der Waals surface area contributed by atoms with Gasteiger partial charge in [0.15, 0.2) is 17.5 Å². The molecule has 4 nitrogen and oxygen atoms in total. The first-order valence-electron chi connectivity index (χ1n) is 14.1. The summed E-state index contributed by atoms with van der Waals surface area (Å²) in [5.41, 5.74) is 7.44. The molecule has 0 aliphatic heterocycles. The highest BCUT2D eigenvalue weighted by Crippen LogP contribution is 2.38. The van der Waals surface area contributed by atoms with Gasteiger partial charge in [0, 0.05) is 39.0 Å². The van der Waals surface area contributed by atoms with Gasteiger partial charge in [-0.25, -0.2) is 15.0 Å². The van der Waals surface area contributed by atoms with Crippen LogP contribution < -0.4 is 0 Å². The van der Waals surface area contributed by atoms with E-state index in [9.17, 15) is 0 Å². The summed E-state index contributed by atoms with van der Waals surface area (Å²) in [7, 11) is 0. The van der Waals surface area contributed by atoms with Crippen LogP contribution in [0.25, 0.3) is 67.6 Å². The zero-order chi connectivity index (χ0) is 28.0. The molecule has 2 heterocycles. The van der Waals surface area contributed by atoms with Crippen LogP contribution in [0.3, 0.4) is 0 Å². The lowest BCUT2D eigenvalue weighted by atomic mass is 10.0. The summed E-state index contributed by atoms with van der Waals surface area (Å²) in [6.07, 6.45) is 6.53. The molecule has 0 unspecified atom stereocenters. The molecule has 8 rings (SSSR count). The van der Waals surface area contributed by atoms with Crippen LogP contribution in [-0.2, 0) is 6.42 Å². The van der Waals surface area contributed by atoms with Gasteiger partial charge in [-0.15, -0.1) is 0 Å². The molecular weight excluding hydrogens is 536 g/mol. The van der Waals surface area contributed by atoms with Crippen molar-refractivity contribution in [3.05, 3.63) is 138 Å². The molecule has 1 aliphatic carbocycles. The molecule has 0 spiro atoms. The van der Waals surface area contributed by atoms with Crippen LogP contribution in [0.5, 0.6) is 0 Å². The van der Waals surface area contributed by atoms with Crippen LogP contribution in [-0.4, -0.2) is 19.5 Å². The van der Waals surface area contributed by atoms with Crippen molar-refractivity contribution in [3.8, 4) is 39.9 Å². The van der Waals surface area contributed by atoms with E-state index in [0.29, 0.717) is 22.5 Å². The largest absolute Gasteiger partial charge is 0.313 e. The number of nitrogens with zero attached hydrogens (tertiary/aromatic N) is 4. The average Bonchev–Trinajstić information content (AvgIpc) is 3.37. The Morgan fingerprint density at radius 2 is 1.24 bits per heavy atom. The number of benzene rings is 5.